The second-order valence-electron chi connectivity index (χ2n) is 4.53. The van der Waals surface area contributed by atoms with Crippen molar-refractivity contribution in [2.75, 3.05) is 19.5 Å². The predicted molar refractivity (Wildman–Crippen MR) is 72.5 cm³/mol. The standard InChI is InChI=1S/C13H20N4O/c1-4-5-10(8-18-3)17-12-11(16-13(17)14)7-6-9(2)15-12/h6-7,10H,4-5,8H2,1-3H3,(H2,14,16). The van der Waals surface area contributed by atoms with Gasteiger partial charge in [0.1, 0.15) is 5.52 Å². The number of hydrogen-bond acceptors (Lipinski definition) is 4. The molecular weight excluding hydrogens is 228 g/mol. The molecule has 0 saturated heterocycles. The lowest BCUT2D eigenvalue weighted by atomic mass is 10.2. The lowest BCUT2D eigenvalue weighted by molar-refractivity contribution is 0.152. The topological polar surface area (TPSA) is 66.0 Å². The first-order valence-corrected chi connectivity index (χ1v) is 6.27. The van der Waals surface area contributed by atoms with Crippen molar-refractivity contribution in [2.45, 2.75) is 32.7 Å². The maximum atomic E-state index is 6.02. The molecule has 0 radical (unpaired) electrons. The number of fused-ring (bicyclic) bond motifs is 1. The molecule has 18 heavy (non-hydrogen) atoms. The van der Waals surface area contributed by atoms with Crippen LogP contribution in [0.1, 0.15) is 31.5 Å². The van der Waals surface area contributed by atoms with Gasteiger partial charge in [0.15, 0.2) is 5.65 Å². The van der Waals surface area contributed by atoms with Gasteiger partial charge in [0, 0.05) is 12.8 Å². The Morgan fingerprint density at radius 3 is 2.83 bits per heavy atom. The fourth-order valence-corrected chi connectivity index (χ4v) is 2.26. The summed E-state index contributed by atoms with van der Waals surface area (Å²) in [5.74, 6) is 0.513. The molecule has 1 unspecified atom stereocenters. The number of hydrogen-bond donors (Lipinski definition) is 1. The molecule has 0 aliphatic carbocycles. The molecule has 1 atom stereocenters. The number of nitrogen functional groups attached to an aromatic ring is 1. The first kappa shape index (κ1) is 12.8. The van der Waals surface area contributed by atoms with Gasteiger partial charge in [0.25, 0.3) is 0 Å². The highest BCUT2D eigenvalue weighted by Gasteiger charge is 2.18. The van der Waals surface area contributed by atoms with Crippen LogP contribution in [0.2, 0.25) is 0 Å². The highest BCUT2D eigenvalue weighted by Crippen LogP contribution is 2.24. The molecule has 0 spiro atoms. The number of anilines is 1. The van der Waals surface area contributed by atoms with E-state index < -0.39 is 0 Å². The lowest BCUT2D eigenvalue weighted by Gasteiger charge is -2.18. The molecule has 0 fully saturated rings. The highest BCUT2D eigenvalue weighted by molar-refractivity contribution is 5.74. The fourth-order valence-electron chi connectivity index (χ4n) is 2.26. The minimum atomic E-state index is 0.194. The maximum absolute atomic E-state index is 6.02. The van der Waals surface area contributed by atoms with Gasteiger partial charge >= 0.3 is 0 Å². The number of rotatable bonds is 5. The van der Waals surface area contributed by atoms with Crippen molar-refractivity contribution < 1.29 is 4.74 Å². The van der Waals surface area contributed by atoms with E-state index in [2.05, 4.69) is 16.9 Å². The number of nitrogens with two attached hydrogens (primary N) is 1. The Hall–Kier alpha value is -1.62. The maximum Gasteiger partial charge on any atom is 0.202 e. The van der Waals surface area contributed by atoms with Crippen LogP contribution in [0.15, 0.2) is 12.1 Å². The molecule has 0 saturated carbocycles. The molecule has 98 valence electrons. The summed E-state index contributed by atoms with van der Waals surface area (Å²) in [6, 6.07) is 4.10. The van der Waals surface area contributed by atoms with Gasteiger partial charge < -0.3 is 10.5 Å². The predicted octanol–water partition coefficient (Wildman–Crippen LogP) is 2.31. The number of ether oxygens (including phenoxy) is 1. The Balaban J connectivity index is 2.52. The van der Waals surface area contributed by atoms with Gasteiger partial charge in [-0.1, -0.05) is 13.3 Å². The number of aromatic nitrogens is 3. The summed E-state index contributed by atoms with van der Waals surface area (Å²) in [6.45, 7) is 4.74. The first-order chi connectivity index (χ1) is 8.67. The summed E-state index contributed by atoms with van der Waals surface area (Å²) in [5.41, 5.74) is 8.68. The quantitative estimate of drug-likeness (QED) is 0.881. The van der Waals surface area contributed by atoms with E-state index in [9.17, 15) is 0 Å². The summed E-state index contributed by atoms with van der Waals surface area (Å²) in [5, 5.41) is 0. The molecule has 0 bridgehead atoms. The number of methoxy groups -OCH3 is 1. The molecular formula is C13H20N4O. The van der Waals surface area contributed by atoms with Crippen LogP contribution < -0.4 is 5.73 Å². The monoisotopic (exact) mass is 248 g/mol. The summed E-state index contributed by atoms with van der Waals surface area (Å²) in [6.07, 6.45) is 2.07. The third-order valence-electron chi connectivity index (χ3n) is 3.05. The van der Waals surface area contributed by atoms with Crippen molar-refractivity contribution in [3.63, 3.8) is 0 Å². The SMILES string of the molecule is CCCC(COC)n1c(N)nc2ccc(C)nc21. The average Bonchev–Trinajstić information content (AvgIpc) is 2.64. The van der Waals surface area contributed by atoms with Gasteiger partial charge in [-0.2, -0.15) is 0 Å². The molecule has 2 N–H and O–H groups in total. The van der Waals surface area contributed by atoms with Gasteiger partial charge in [0.2, 0.25) is 5.95 Å². The van der Waals surface area contributed by atoms with Crippen molar-refractivity contribution >= 4 is 17.1 Å². The minimum absolute atomic E-state index is 0.194. The third kappa shape index (κ3) is 2.31. The number of pyridine rings is 1. The average molecular weight is 248 g/mol. The van der Waals surface area contributed by atoms with Crippen molar-refractivity contribution in [2.24, 2.45) is 0 Å². The van der Waals surface area contributed by atoms with Gasteiger partial charge in [-0.05, 0) is 25.5 Å². The van der Waals surface area contributed by atoms with E-state index in [0.717, 1.165) is 29.7 Å². The van der Waals surface area contributed by atoms with Crippen molar-refractivity contribution in [3.8, 4) is 0 Å². The van der Waals surface area contributed by atoms with Gasteiger partial charge in [-0.25, -0.2) is 9.97 Å². The molecule has 2 aromatic heterocycles. The molecule has 0 amide bonds. The van der Waals surface area contributed by atoms with E-state index in [1.165, 1.54) is 0 Å². The Bertz CT molecular complexity index is 529. The van der Waals surface area contributed by atoms with Crippen LogP contribution in [0.25, 0.3) is 11.2 Å². The Morgan fingerprint density at radius 2 is 2.17 bits per heavy atom. The molecule has 2 aromatic rings. The molecule has 5 nitrogen and oxygen atoms in total. The van der Waals surface area contributed by atoms with E-state index in [1.54, 1.807) is 7.11 Å². The molecule has 2 heterocycles. The van der Waals surface area contributed by atoms with Crippen molar-refractivity contribution in [3.05, 3.63) is 17.8 Å². The molecule has 2 rings (SSSR count). The van der Waals surface area contributed by atoms with Crippen LogP contribution in [-0.4, -0.2) is 28.3 Å². The van der Waals surface area contributed by atoms with Crippen LogP contribution >= 0.6 is 0 Å². The minimum Gasteiger partial charge on any atom is -0.383 e. The third-order valence-corrected chi connectivity index (χ3v) is 3.05. The smallest absolute Gasteiger partial charge is 0.202 e. The van der Waals surface area contributed by atoms with E-state index in [4.69, 9.17) is 10.5 Å². The summed E-state index contributed by atoms with van der Waals surface area (Å²) in [7, 11) is 1.71. The number of aryl methyl sites for hydroxylation is 1. The van der Waals surface area contributed by atoms with Crippen LogP contribution in [0, 0.1) is 6.92 Å². The van der Waals surface area contributed by atoms with Crippen LogP contribution in [0.3, 0.4) is 0 Å². The Morgan fingerprint density at radius 1 is 1.39 bits per heavy atom. The second kappa shape index (κ2) is 5.35. The fraction of sp³-hybridized carbons (Fsp3) is 0.538. The summed E-state index contributed by atoms with van der Waals surface area (Å²) < 4.78 is 7.28. The van der Waals surface area contributed by atoms with Gasteiger partial charge in [0.05, 0.1) is 12.6 Å². The zero-order chi connectivity index (χ0) is 13.1. The molecule has 0 aliphatic rings. The molecule has 5 heteroatoms. The van der Waals surface area contributed by atoms with E-state index in [1.807, 2.05) is 23.6 Å². The van der Waals surface area contributed by atoms with E-state index in [-0.39, 0.29) is 6.04 Å². The summed E-state index contributed by atoms with van der Waals surface area (Å²) >= 11 is 0. The van der Waals surface area contributed by atoms with E-state index >= 15 is 0 Å². The van der Waals surface area contributed by atoms with E-state index in [0.29, 0.717) is 12.6 Å². The normalized spacial score (nSPS) is 13.1. The zero-order valence-corrected chi connectivity index (χ0v) is 11.2. The molecule has 0 aromatic carbocycles. The first-order valence-electron chi connectivity index (χ1n) is 6.27. The van der Waals surface area contributed by atoms with Crippen molar-refractivity contribution in [1.82, 2.24) is 14.5 Å². The number of nitrogens with zero attached hydrogens (tertiary/aromatic N) is 3. The van der Waals surface area contributed by atoms with Gasteiger partial charge in [-0.15, -0.1) is 0 Å². The Labute approximate surface area is 107 Å². The molecule has 0 aliphatic heterocycles. The highest BCUT2D eigenvalue weighted by atomic mass is 16.5. The van der Waals surface area contributed by atoms with Crippen LogP contribution in [-0.2, 0) is 4.74 Å². The van der Waals surface area contributed by atoms with Crippen molar-refractivity contribution in [1.29, 1.82) is 0 Å². The zero-order valence-electron chi connectivity index (χ0n) is 11.2. The largest absolute Gasteiger partial charge is 0.383 e. The van der Waals surface area contributed by atoms with Gasteiger partial charge in [-0.3, -0.25) is 4.57 Å². The lowest BCUT2D eigenvalue weighted by Crippen LogP contribution is -2.17. The number of imidazole rings is 1. The van der Waals surface area contributed by atoms with Crippen LogP contribution in [0.4, 0.5) is 5.95 Å². The van der Waals surface area contributed by atoms with Crippen LogP contribution in [0.5, 0.6) is 0 Å². The Kier molecular flexibility index (Phi) is 3.81. The summed E-state index contributed by atoms with van der Waals surface area (Å²) in [4.78, 5) is 8.91. The second-order valence-corrected chi connectivity index (χ2v) is 4.53.